The summed E-state index contributed by atoms with van der Waals surface area (Å²) in [4.78, 5) is 10.0. The summed E-state index contributed by atoms with van der Waals surface area (Å²) in [5.74, 6) is 1.50. The highest BCUT2D eigenvalue weighted by Crippen LogP contribution is 2.27. The monoisotopic (exact) mass is 303 g/mol. The Labute approximate surface area is 115 Å². The van der Waals surface area contributed by atoms with Crippen LogP contribution >= 0.6 is 11.8 Å². The maximum Gasteiger partial charge on any atom is 0.292 e. The van der Waals surface area contributed by atoms with Crippen molar-refractivity contribution in [1.82, 2.24) is 4.31 Å². The fourth-order valence-electron chi connectivity index (χ4n) is 1.80. The van der Waals surface area contributed by atoms with Crippen LogP contribution in [0.25, 0.3) is 0 Å². The second-order valence-electron chi connectivity index (χ2n) is 3.99. The number of nitrogens with two attached hydrogens (primary N) is 1. The van der Waals surface area contributed by atoms with E-state index in [1.807, 2.05) is 0 Å². The minimum atomic E-state index is -3.61. The minimum Gasteiger partial charge on any atom is -0.393 e. The molecule has 0 amide bonds. The molecule has 0 saturated carbocycles. The van der Waals surface area contributed by atoms with E-state index in [0.29, 0.717) is 13.1 Å². The van der Waals surface area contributed by atoms with Gasteiger partial charge in [-0.2, -0.15) is 16.1 Å². The predicted molar refractivity (Wildman–Crippen MR) is 73.6 cm³/mol. The largest absolute Gasteiger partial charge is 0.393 e. The van der Waals surface area contributed by atoms with Crippen molar-refractivity contribution < 1.29 is 13.3 Å². The van der Waals surface area contributed by atoms with Gasteiger partial charge in [-0.3, -0.25) is 10.1 Å². The van der Waals surface area contributed by atoms with Crippen molar-refractivity contribution in [3.8, 4) is 0 Å². The fourth-order valence-corrected chi connectivity index (χ4v) is 4.41. The number of anilines is 1. The summed E-state index contributed by atoms with van der Waals surface area (Å²) in [6.07, 6.45) is 0. The molecule has 0 atom stereocenters. The van der Waals surface area contributed by atoms with Crippen LogP contribution in [-0.2, 0) is 10.0 Å². The summed E-state index contributed by atoms with van der Waals surface area (Å²) in [6, 6.07) is 3.50. The van der Waals surface area contributed by atoms with Crippen LogP contribution in [0.3, 0.4) is 0 Å². The molecule has 1 saturated heterocycles. The molecule has 2 N–H and O–H groups in total. The first-order chi connectivity index (χ1) is 8.93. The molecule has 1 aromatic rings. The molecule has 0 radical (unpaired) electrons. The Kier molecular flexibility index (Phi) is 3.97. The molecule has 0 spiro atoms. The number of nitrogen functional groups attached to an aromatic ring is 1. The zero-order chi connectivity index (χ0) is 14.0. The highest BCUT2D eigenvalue weighted by Gasteiger charge is 2.27. The van der Waals surface area contributed by atoms with Crippen molar-refractivity contribution in [2.45, 2.75) is 4.90 Å². The number of thioether (sulfide) groups is 1. The Morgan fingerprint density at radius 2 is 1.95 bits per heavy atom. The highest BCUT2D eigenvalue weighted by molar-refractivity contribution is 7.99. The molecular formula is C10H13N3O4S2. The first-order valence-corrected chi connectivity index (χ1v) is 8.14. The Balaban J connectivity index is 2.35. The van der Waals surface area contributed by atoms with E-state index in [1.165, 1.54) is 10.4 Å². The second kappa shape index (κ2) is 5.35. The molecule has 0 aromatic heterocycles. The lowest BCUT2D eigenvalue weighted by atomic mass is 10.3. The van der Waals surface area contributed by atoms with Crippen molar-refractivity contribution in [1.29, 1.82) is 0 Å². The SMILES string of the molecule is Nc1cc(S(=O)(=O)N2CCSCC2)ccc1[N+](=O)[O-]. The molecule has 1 aliphatic rings. The van der Waals surface area contributed by atoms with E-state index in [4.69, 9.17) is 5.73 Å². The van der Waals surface area contributed by atoms with E-state index >= 15 is 0 Å². The molecule has 104 valence electrons. The third-order valence-corrected chi connectivity index (χ3v) is 5.64. The van der Waals surface area contributed by atoms with Crippen molar-refractivity contribution in [2.75, 3.05) is 30.3 Å². The van der Waals surface area contributed by atoms with Crippen LogP contribution in [0.5, 0.6) is 0 Å². The van der Waals surface area contributed by atoms with Crippen LogP contribution in [0.1, 0.15) is 0 Å². The molecule has 0 aliphatic carbocycles. The summed E-state index contributed by atoms with van der Waals surface area (Å²) in [5, 5.41) is 10.6. The van der Waals surface area contributed by atoms with Gasteiger partial charge in [-0.25, -0.2) is 8.42 Å². The van der Waals surface area contributed by atoms with Gasteiger partial charge in [0, 0.05) is 30.7 Å². The molecule has 9 heteroatoms. The lowest BCUT2D eigenvalue weighted by Crippen LogP contribution is -2.37. The summed E-state index contributed by atoms with van der Waals surface area (Å²) in [7, 11) is -3.61. The Morgan fingerprint density at radius 3 is 2.47 bits per heavy atom. The maximum absolute atomic E-state index is 12.3. The van der Waals surface area contributed by atoms with Crippen LogP contribution in [0.2, 0.25) is 0 Å². The van der Waals surface area contributed by atoms with Gasteiger partial charge in [-0.05, 0) is 12.1 Å². The van der Waals surface area contributed by atoms with Gasteiger partial charge in [0.1, 0.15) is 5.69 Å². The molecule has 7 nitrogen and oxygen atoms in total. The van der Waals surface area contributed by atoms with Crippen LogP contribution < -0.4 is 5.73 Å². The standard InChI is InChI=1S/C10H13N3O4S2/c11-9-7-8(1-2-10(9)13(14)15)19(16,17)12-3-5-18-6-4-12/h1-2,7H,3-6,11H2. The third-order valence-electron chi connectivity index (χ3n) is 2.80. The normalized spacial score (nSPS) is 17.3. The molecule has 1 heterocycles. The average molecular weight is 303 g/mol. The second-order valence-corrected chi connectivity index (χ2v) is 7.16. The van der Waals surface area contributed by atoms with Gasteiger partial charge in [-0.15, -0.1) is 0 Å². The van der Waals surface area contributed by atoms with E-state index in [-0.39, 0.29) is 16.3 Å². The van der Waals surface area contributed by atoms with Crippen molar-refractivity contribution in [3.63, 3.8) is 0 Å². The van der Waals surface area contributed by atoms with E-state index in [9.17, 15) is 18.5 Å². The smallest absolute Gasteiger partial charge is 0.292 e. The molecule has 1 aromatic carbocycles. The topological polar surface area (TPSA) is 107 Å². The van der Waals surface area contributed by atoms with E-state index in [1.54, 1.807) is 11.8 Å². The van der Waals surface area contributed by atoms with Crippen LogP contribution in [-0.4, -0.2) is 42.2 Å². The van der Waals surface area contributed by atoms with Crippen molar-refractivity contribution in [3.05, 3.63) is 28.3 Å². The maximum atomic E-state index is 12.3. The zero-order valence-corrected chi connectivity index (χ0v) is 11.6. The van der Waals surface area contributed by atoms with E-state index in [2.05, 4.69) is 0 Å². The summed E-state index contributed by atoms with van der Waals surface area (Å²) < 4.78 is 26.0. The summed E-state index contributed by atoms with van der Waals surface area (Å²) in [6.45, 7) is 0.897. The molecule has 19 heavy (non-hydrogen) atoms. The van der Waals surface area contributed by atoms with Crippen LogP contribution in [0.15, 0.2) is 23.1 Å². The quantitative estimate of drug-likeness (QED) is 0.505. The molecule has 0 unspecified atom stereocenters. The minimum absolute atomic E-state index is 0.00231. The number of hydrogen-bond acceptors (Lipinski definition) is 6. The van der Waals surface area contributed by atoms with E-state index in [0.717, 1.165) is 23.6 Å². The zero-order valence-electron chi connectivity index (χ0n) is 9.98. The lowest BCUT2D eigenvalue weighted by Gasteiger charge is -2.25. The fraction of sp³-hybridized carbons (Fsp3) is 0.400. The summed E-state index contributed by atoms with van der Waals surface area (Å²) >= 11 is 1.70. The van der Waals surface area contributed by atoms with Gasteiger partial charge in [0.25, 0.3) is 5.69 Å². The first-order valence-electron chi connectivity index (χ1n) is 5.55. The third kappa shape index (κ3) is 2.82. The molecule has 1 aliphatic heterocycles. The summed E-state index contributed by atoms with van der Waals surface area (Å²) in [5.41, 5.74) is 5.09. The number of hydrogen-bond donors (Lipinski definition) is 1. The number of benzene rings is 1. The van der Waals surface area contributed by atoms with Gasteiger partial charge in [0.2, 0.25) is 10.0 Å². The van der Waals surface area contributed by atoms with Gasteiger partial charge in [0.15, 0.2) is 0 Å². The van der Waals surface area contributed by atoms with Gasteiger partial charge >= 0.3 is 0 Å². The number of nitro groups is 1. The van der Waals surface area contributed by atoms with Gasteiger partial charge in [0.05, 0.1) is 9.82 Å². The Bertz CT molecular complexity index is 597. The predicted octanol–water partition coefficient (Wildman–Crippen LogP) is 0.914. The van der Waals surface area contributed by atoms with Crippen LogP contribution in [0, 0.1) is 10.1 Å². The van der Waals surface area contributed by atoms with Gasteiger partial charge < -0.3 is 5.73 Å². The van der Waals surface area contributed by atoms with Crippen molar-refractivity contribution in [2.24, 2.45) is 0 Å². The first kappa shape index (κ1) is 14.1. The average Bonchev–Trinajstić information content (AvgIpc) is 2.39. The lowest BCUT2D eigenvalue weighted by molar-refractivity contribution is -0.383. The number of sulfonamides is 1. The van der Waals surface area contributed by atoms with Crippen molar-refractivity contribution >= 4 is 33.2 Å². The molecular weight excluding hydrogens is 290 g/mol. The molecule has 1 fully saturated rings. The number of nitro benzene ring substituents is 1. The van der Waals surface area contributed by atoms with Gasteiger partial charge in [-0.1, -0.05) is 0 Å². The Morgan fingerprint density at radius 1 is 1.32 bits per heavy atom. The number of nitrogens with zero attached hydrogens (tertiary/aromatic N) is 2. The molecule has 2 rings (SSSR count). The highest BCUT2D eigenvalue weighted by atomic mass is 32.2. The van der Waals surface area contributed by atoms with E-state index < -0.39 is 14.9 Å². The Hall–Kier alpha value is -1.32. The van der Waals surface area contributed by atoms with Crippen LogP contribution in [0.4, 0.5) is 11.4 Å². The number of rotatable bonds is 3. The molecule has 0 bridgehead atoms.